The summed E-state index contributed by atoms with van der Waals surface area (Å²) in [6.45, 7) is 0.817. The van der Waals surface area contributed by atoms with Gasteiger partial charge in [-0.25, -0.2) is 0 Å². The minimum Gasteiger partial charge on any atom is -0.469 e. The Kier molecular flexibility index (Phi) is 3.35. The van der Waals surface area contributed by atoms with Crippen molar-refractivity contribution in [3.8, 4) is 6.07 Å². The molecule has 23 heavy (non-hydrogen) atoms. The van der Waals surface area contributed by atoms with Crippen LogP contribution in [0.25, 0.3) is 0 Å². The van der Waals surface area contributed by atoms with Gasteiger partial charge in [-0.15, -0.1) is 0 Å². The molecule has 0 aromatic rings. The molecule has 2 aliphatic carbocycles. The Morgan fingerprint density at radius 1 is 1.43 bits per heavy atom. The van der Waals surface area contributed by atoms with Crippen LogP contribution < -0.4 is 0 Å². The molecule has 0 amide bonds. The van der Waals surface area contributed by atoms with Gasteiger partial charge in [0.2, 0.25) is 0 Å². The summed E-state index contributed by atoms with van der Waals surface area (Å²) in [5.41, 5.74) is -0.434. The zero-order valence-electron chi connectivity index (χ0n) is 13.4. The lowest BCUT2D eigenvalue weighted by Crippen LogP contribution is -2.63. The molecule has 0 radical (unpaired) electrons. The first-order valence-electron chi connectivity index (χ1n) is 8.52. The molecule has 4 bridgehead atoms. The third-order valence-corrected chi connectivity index (χ3v) is 6.89. The molecule has 3 fully saturated rings. The van der Waals surface area contributed by atoms with Crippen LogP contribution in [0.15, 0.2) is 12.2 Å². The van der Waals surface area contributed by atoms with E-state index in [0.717, 1.165) is 38.5 Å². The molecule has 0 aromatic heterocycles. The van der Waals surface area contributed by atoms with Gasteiger partial charge in [0, 0.05) is 18.0 Å². The number of nitrogens with zero attached hydrogens (tertiary/aromatic N) is 2. The number of piperidine rings is 1. The van der Waals surface area contributed by atoms with Crippen LogP contribution in [-0.4, -0.2) is 42.9 Å². The second-order valence-electron chi connectivity index (χ2n) is 7.51. The summed E-state index contributed by atoms with van der Waals surface area (Å²) in [4.78, 5) is 26.8. The first-order valence-corrected chi connectivity index (χ1v) is 8.52. The Morgan fingerprint density at radius 2 is 2.26 bits per heavy atom. The zero-order chi connectivity index (χ0) is 16.2. The van der Waals surface area contributed by atoms with Crippen molar-refractivity contribution in [3.05, 3.63) is 12.2 Å². The Morgan fingerprint density at radius 3 is 2.96 bits per heavy atom. The van der Waals surface area contributed by atoms with Crippen molar-refractivity contribution in [3.63, 3.8) is 0 Å². The topological polar surface area (TPSA) is 70.4 Å². The van der Waals surface area contributed by atoms with Crippen LogP contribution in [-0.2, 0) is 14.3 Å². The maximum Gasteiger partial charge on any atom is 0.311 e. The summed E-state index contributed by atoms with van der Waals surface area (Å²) in [6, 6.07) is 1.90. The fraction of sp³-hybridized carbons (Fsp3) is 0.722. The van der Waals surface area contributed by atoms with E-state index < -0.39 is 17.4 Å². The molecule has 2 heterocycles. The van der Waals surface area contributed by atoms with Gasteiger partial charge >= 0.3 is 5.97 Å². The summed E-state index contributed by atoms with van der Waals surface area (Å²) in [6.07, 6.45) is 9.08. The van der Waals surface area contributed by atoms with Crippen molar-refractivity contribution in [1.29, 1.82) is 5.26 Å². The average Bonchev–Trinajstić information content (AvgIpc) is 2.86. The van der Waals surface area contributed by atoms with Crippen LogP contribution in [0.5, 0.6) is 0 Å². The van der Waals surface area contributed by atoms with Gasteiger partial charge in [0.05, 0.1) is 19.1 Å². The molecule has 1 saturated carbocycles. The second-order valence-corrected chi connectivity index (χ2v) is 7.51. The normalized spacial score (nSPS) is 47.5. The predicted molar refractivity (Wildman–Crippen MR) is 82.0 cm³/mol. The van der Waals surface area contributed by atoms with Crippen molar-refractivity contribution in [2.24, 2.45) is 29.1 Å². The number of carbonyl (C=O) groups is 2. The van der Waals surface area contributed by atoms with E-state index in [4.69, 9.17) is 4.74 Å². The number of carbonyl (C=O) groups excluding carboxylic acids is 2. The highest BCUT2D eigenvalue weighted by molar-refractivity contribution is 5.76. The molecule has 4 rings (SSSR count). The number of rotatable bonds is 2. The first kappa shape index (κ1) is 14.9. The van der Waals surface area contributed by atoms with E-state index in [9.17, 15) is 14.9 Å². The fourth-order valence-corrected chi connectivity index (χ4v) is 6.13. The Hall–Kier alpha value is -1.67. The van der Waals surface area contributed by atoms with Gasteiger partial charge in [-0.2, -0.15) is 5.26 Å². The number of aldehydes is 1. The van der Waals surface area contributed by atoms with E-state index in [2.05, 4.69) is 23.1 Å². The van der Waals surface area contributed by atoms with Gasteiger partial charge in [0.1, 0.15) is 12.3 Å². The molecule has 2 saturated heterocycles. The smallest absolute Gasteiger partial charge is 0.311 e. The largest absolute Gasteiger partial charge is 0.469 e. The number of allylic oxidation sites excluding steroid dienone is 2. The molecular formula is C18H22N2O3. The molecule has 5 unspecified atom stereocenters. The number of esters is 1. The molecule has 4 aliphatic rings. The van der Waals surface area contributed by atoms with E-state index >= 15 is 0 Å². The molecule has 122 valence electrons. The minimum atomic E-state index is -0.462. The summed E-state index contributed by atoms with van der Waals surface area (Å²) < 4.78 is 5.01. The number of hydrogen-bond acceptors (Lipinski definition) is 5. The second kappa shape index (κ2) is 5.17. The van der Waals surface area contributed by atoms with Crippen LogP contribution in [0.1, 0.15) is 25.7 Å². The Balaban J connectivity index is 1.85. The number of ether oxygens (including phenoxy) is 1. The van der Waals surface area contributed by atoms with Crippen molar-refractivity contribution < 1.29 is 14.3 Å². The van der Waals surface area contributed by atoms with Crippen molar-refractivity contribution in [2.75, 3.05) is 13.7 Å². The summed E-state index contributed by atoms with van der Waals surface area (Å²) in [7, 11) is 1.39. The van der Waals surface area contributed by atoms with E-state index in [0.29, 0.717) is 11.8 Å². The monoisotopic (exact) mass is 314 g/mol. The SMILES string of the molecule is COC(=O)[C@H]1C2CCC3[C@@H]4CC=CCC3(C=O)C2N(C4)C1C#N. The van der Waals surface area contributed by atoms with Crippen LogP contribution >= 0.6 is 0 Å². The first-order chi connectivity index (χ1) is 11.2. The lowest BCUT2D eigenvalue weighted by atomic mass is 9.53. The highest BCUT2D eigenvalue weighted by Crippen LogP contribution is 2.61. The van der Waals surface area contributed by atoms with Gasteiger partial charge in [0.25, 0.3) is 0 Å². The van der Waals surface area contributed by atoms with E-state index in [1.165, 1.54) is 7.11 Å². The summed E-state index contributed by atoms with van der Waals surface area (Å²) >= 11 is 0. The van der Waals surface area contributed by atoms with Crippen LogP contribution in [0, 0.1) is 40.4 Å². The molecule has 5 nitrogen and oxygen atoms in total. The van der Waals surface area contributed by atoms with Crippen molar-refractivity contribution >= 4 is 12.3 Å². The van der Waals surface area contributed by atoms with Gasteiger partial charge in [-0.1, -0.05) is 12.2 Å². The third kappa shape index (κ3) is 1.76. The number of hydrogen-bond donors (Lipinski definition) is 0. The van der Waals surface area contributed by atoms with E-state index in [-0.39, 0.29) is 17.9 Å². The molecule has 0 aromatic carbocycles. The lowest BCUT2D eigenvalue weighted by molar-refractivity contribution is -0.149. The van der Waals surface area contributed by atoms with Crippen molar-refractivity contribution in [1.82, 2.24) is 4.90 Å². The number of methoxy groups -OCH3 is 1. The Bertz CT molecular complexity index is 610. The average molecular weight is 314 g/mol. The third-order valence-electron chi connectivity index (χ3n) is 6.89. The maximum absolute atomic E-state index is 12.4. The molecule has 0 spiro atoms. The molecular weight excluding hydrogens is 292 g/mol. The standard InChI is InChI=1S/C18H22N2O3/c1-23-17(22)15-12-5-6-13-11-4-2-3-7-18(13,10-21)16(12)20(9-11)14(15)8-19/h2-3,10-16H,4-7,9H2,1H3/t11-,12?,13?,14?,15+,16?,18?/m1/s1. The van der Waals surface area contributed by atoms with E-state index in [1.807, 2.05) is 0 Å². The maximum atomic E-state index is 12.4. The summed E-state index contributed by atoms with van der Waals surface area (Å²) in [5.74, 6) is 0.128. The van der Waals surface area contributed by atoms with Gasteiger partial charge < -0.3 is 9.53 Å². The minimum absolute atomic E-state index is 0.00602. The van der Waals surface area contributed by atoms with E-state index in [1.54, 1.807) is 0 Å². The van der Waals surface area contributed by atoms with Crippen molar-refractivity contribution in [2.45, 2.75) is 37.8 Å². The predicted octanol–water partition coefficient (Wildman–Crippen LogP) is 1.54. The number of nitriles is 1. The summed E-state index contributed by atoms with van der Waals surface area (Å²) in [5, 5.41) is 9.73. The quantitative estimate of drug-likeness (QED) is 0.439. The lowest BCUT2D eigenvalue weighted by Gasteiger charge is -2.57. The molecule has 5 heteroatoms. The highest BCUT2D eigenvalue weighted by atomic mass is 16.5. The Labute approximate surface area is 136 Å². The van der Waals surface area contributed by atoms with Gasteiger partial charge in [-0.3, -0.25) is 9.69 Å². The molecule has 0 N–H and O–H groups in total. The van der Waals surface area contributed by atoms with Gasteiger partial charge in [0.15, 0.2) is 0 Å². The molecule has 7 atom stereocenters. The fourth-order valence-electron chi connectivity index (χ4n) is 6.13. The van der Waals surface area contributed by atoms with Gasteiger partial charge in [-0.05, 0) is 43.4 Å². The zero-order valence-corrected chi connectivity index (χ0v) is 13.4. The van der Waals surface area contributed by atoms with Crippen LogP contribution in [0.4, 0.5) is 0 Å². The van der Waals surface area contributed by atoms with Crippen LogP contribution in [0.3, 0.4) is 0 Å². The highest BCUT2D eigenvalue weighted by Gasteiger charge is 2.67. The molecule has 2 aliphatic heterocycles. The van der Waals surface area contributed by atoms with Crippen LogP contribution in [0.2, 0.25) is 0 Å².